The van der Waals surface area contributed by atoms with Crippen LogP contribution in [0.1, 0.15) is 26.2 Å². The number of piperidine rings is 1. The van der Waals surface area contributed by atoms with Gasteiger partial charge in [-0.1, -0.05) is 0 Å². The molecule has 0 atom stereocenters. The first-order valence-electron chi connectivity index (χ1n) is 5.82. The molecule has 16 heavy (non-hydrogen) atoms. The van der Waals surface area contributed by atoms with Crippen LogP contribution in [0.3, 0.4) is 0 Å². The van der Waals surface area contributed by atoms with Crippen molar-refractivity contribution < 1.29 is 0 Å². The normalized spacial score (nSPS) is 16.2. The molecule has 0 bridgehead atoms. The van der Waals surface area contributed by atoms with Gasteiger partial charge in [0.2, 0.25) is 5.95 Å². The van der Waals surface area contributed by atoms with Crippen LogP contribution in [0.15, 0.2) is 10.7 Å². The molecule has 2 heterocycles. The molecule has 1 aliphatic heterocycles. The van der Waals surface area contributed by atoms with E-state index in [1.54, 1.807) is 0 Å². The maximum Gasteiger partial charge on any atom is 0.224 e. The van der Waals surface area contributed by atoms with Gasteiger partial charge >= 0.3 is 0 Å². The van der Waals surface area contributed by atoms with Crippen molar-refractivity contribution in [2.24, 2.45) is 0 Å². The fraction of sp³-hybridized carbons (Fsp3) is 0.636. The minimum atomic E-state index is 0.714. The average Bonchev–Trinajstić information content (AvgIpc) is 2.33. The molecule has 0 saturated carbocycles. The number of anilines is 2. The molecule has 2 rings (SSSR count). The second kappa shape index (κ2) is 5.48. The Morgan fingerprint density at radius 3 is 2.81 bits per heavy atom. The van der Waals surface area contributed by atoms with Gasteiger partial charge in [-0.2, -0.15) is 4.98 Å². The van der Waals surface area contributed by atoms with Gasteiger partial charge in [0, 0.05) is 25.8 Å². The van der Waals surface area contributed by atoms with Crippen molar-refractivity contribution in [2.75, 3.05) is 29.9 Å². The Kier molecular flexibility index (Phi) is 3.98. The van der Waals surface area contributed by atoms with E-state index in [0.717, 1.165) is 29.9 Å². The molecule has 0 aliphatic carbocycles. The molecule has 1 saturated heterocycles. The SMILES string of the molecule is CCNc1ncc(Br)c(N2CCCCC2)n1. The number of aromatic nitrogens is 2. The fourth-order valence-corrected chi connectivity index (χ4v) is 2.37. The van der Waals surface area contributed by atoms with E-state index in [4.69, 9.17) is 0 Å². The lowest BCUT2D eigenvalue weighted by Crippen LogP contribution is -2.30. The Morgan fingerprint density at radius 2 is 2.12 bits per heavy atom. The van der Waals surface area contributed by atoms with Crippen LogP contribution < -0.4 is 10.2 Å². The smallest absolute Gasteiger partial charge is 0.224 e. The van der Waals surface area contributed by atoms with Crippen LogP contribution in [0, 0.1) is 0 Å². The molecule has 1 N–H and O–H groups in total. The number of hydrogen-bond donors (Lipinski definition) is 1. The summed E-state index contributed by atoms with van der Waals surface area (Å²) in [7, 11) is 0. The Morgan fingerprint density at radius 1 is 1.38 bits per heavy atom. The standard InChI is InChI=1S/C11H17BrN4/c1-2-13-11-14-8-9(12)10(15-11)16-6-4-3-5-7-16/h8H,2-7H2,1H3,(H,13,14,15). The molecular weight excluding hydrogens is 268 g/mol. The van der Waals surface area contributed by atoms with Gasteiger partial charge < -0.3 is 10.2 Å². The number of rotatable bonds is 3. The van der Waals surface area contributed by atoms with E-state index in [1.807, 2.05) is 13.1 Å². The summed E-state index contributed by atoms with van der Waals surface area (Å²) in [6, 6.07) is 0. The fourth-order valence-electron chi connectivity index (χ4n) is 1.93. The molecule has 0 unspecified atom stereocenters. The summed E-state index contributed by atoms with van der Waals surface area (Å²) in [5.74, 6) is 1.73. The molecule has 0 spiro atoms. The molecule has 1 aliphatic rings. The van der Waals surface area contributed by atoms with Gasteiger partial charge in [-0.05, 0) is 42.1 Å². The lowest BCUT2D eigenvalue weighted by Gasteiger charge is -2.28. The predicted octanol–water partition coefficient (Wildman–Crippen LogP) is 2.66. The third kappa shape index (κ3) is 2.64. The van der Waals surface area contributed by atoms with Crippen molar-refractivity contribution in [1.29, 1.82) is 0 Å². The van der Waals surface area contributed by atoms with Crippen LogP contribution in [0.2, 0.25) is 0 Å². The van der Waals surface area contributed by atoms with E-state index in [9.17, 15) is 0 Å². The molecule has 88 valence electrons. The Balaban J connectivity index is 2.19. The van der Waals surface area contributed by atoms with Crippen LogP contribution >= 0.6 is 15.9 Å². The summed E-state index contributed by atoms with van der Waals surface area (Å²) in [6.45, 7) is 5.09. The molecule has 0 aromatic carbocycles. The zero-order chi connectivity index (χ0) is 11.4. The summed E-state index contributed by atoms with van der Waals surface area (Å²) in [5, 5.41) is 3.14. The maximum absolute atomic E-state index is 4.54. The van der Waals surface area contributed by atoms with E-state index < -0.39 is 0 Å². The van der Waals surface area contributed by atoms with Gasteiger partial charge in [-0.25, -0.2) is 4.98 Å². The van der Waals surface area contributed by atoms with E-state index in [1.165, 1.54) is 19.3 Å². The summed E-state index contributed by atoms with van der Waals surface area (Å²) >= 11 is 3.52. The number of halogens is 1. The van der Waals surface area contributed by atoms with E-state index in [0.29, 0.717) is 5.95 Å². The van der Waals surface area contributed by atoms with Crippen LogP contribution in [-0.4, -0.2) is 29.6 Å². The highest BCUT2D eigenvalue weighted by atomic mass is 79.9. The van der Waals surface area contributed by atoms with Crippen LogP contribution in [0.25, 0.3) is 0 Å². The second-order valence-corrected chi connectivity index (χ2v) is 4.80. The van der Waals surface area contributed by atoms with E-state index in [2.05, 4.69) is 36.1 Å². The summed E-state index contributed by atoms with van der Waals surface area (Å²) < 4.78 is 0.982. The Hall–Kier alpha value is -0.840. The van der Waals surface area contributed by atoms with Crippen molar-refractivity contribution in [3.05, 3.63) is 10.7 Å². The van der Waals surface area contributed by atoms with E-state index >= 15 is 0 Å². The number of nitrogens with zero attached hydrogens (tertiary/aromatic N) is 3. The number of hydrogen-bond acceptors (Lipinski definition) is 4. The monoisotopic (exact) mass is 284 g/mol. The molecule has 5 heteroatoms. The topological polar surface area (TPSA) is 41.1 Å². The Bertz CT molecular complexity index is 350. The van der Waals surface area contributed by atoms with Gasteiger partial charge in [0.25, 0.3) is 0 Å². The first-order chi connectivity index (χ1) is 7.81. The third-order valence-corrected chi connectivity index (χ3v) is 3.28. The maximum atomic E-state index is 4.54. The van der Waals surface area contributed by atoms with E-state index in [-0.39, 0.29) is 0 Å². The molecule has 1 aromatic rings. The van der Waals surface area contributed by atoms with Crippen molar-refractivity contribution in [1.82, 2.24) is 9.97 Å². The van der Waals surface area contributed by atoms with Crippen molar-refractivity contribution >= 4 is 27.7 Å². The zero-order valence-electron chi connectivity index (χ0n) is 9.54. The summed E-state index contributed by atoms with van der Waals surface area (Å²) in [4.78, 5) is 11.1. The van der Waals surface area contributed by atoms with Crippen molar-refractivity contribution in [2.45, 2.75) is 26.2 Å². The van der Waals surface area contributed by atoms with Crippen LogP contribution in [0.5, 0.6) is 0 Å². The Labute approximate surface area is 105 Å². The average molecular weight is 285 g/mol. The summed E-state index contributed by atoms with van der Waals surface area (Å²) in [6.07, 6.45) is 5.67. The summed E-state index contributed by atoms with van der Waals surface area (Å²) in [5.41, 5.74) is 0. The highest BCUT2D eigenvalue weighted by molar-refractivity contribution is 9.10. The van der Waals surface area contributed by atoms with Gasteiger partial charge in [0.1, 0.15) is 5.82 Å². The van der Waals surface area contributed by atoms with Crippen LogP contribution in [0.4, 0.5) is 11.8 Å². The first-order valence-corrected chi connectivity index (χ1v) is 6.62. The molecule has 1 fully saturated rings. The van der Waals surface area contributed by atoms with Crippen LogP contribution in [-0.2, 0) is 0 Å². The van der Waals surface area contributed by atoms with Gasteiger partial charge in [0.05, 0.1) is 4.47 Å². The zero-order valence-corrected chi connectivity index (χ0v) is 11.1. The van der Waals surface area contributed by atoms with Crippen molar-refractivity contribution in [3.63, 3.8) is 0 Å². The van der Waals surface area contributed by atoms with Crippen molar-refractivity contribution in [3.8, 4) is 0 Å². The third-order valence-electron chi connectivity index (χ3n) is 2.72. The molecule has 4 nitrogen and oxygen atoms in total. The predicted molar refractivity (Wildman–Crippen MR) is 70.0 cm³/mol. The minimum absolute atomic E-state index is 0.714. The molecule has 0 radical (unpaired) electrons. The lowest BCUT2D eigenvalue weighted by molar-refractivity contribution is 0.572. The lowest BCUT2D eigenvalue weighted by atomic mass is 10.1. The first kappa shape index (κ1) is 11.6. The second-order valence-electron chi connectivity index (χ2n) is 3.94. The largest absolute Gasteiger partial charge is 0.356 e. The highest BCUT2D eigenvalue weighted by Crippen LogP contribution is 2.26. The minimum Gasteiger partial charge on any atom is -0.356 e. The highest BCUT2D eigenvalue weighted by Gasteiger charge is 2.15. The molecule has 1 aromatic heterocycles. The quantitative estimate of drug-likeness (QED) is 0.927. The molecular formula is C11H17BrN4. The number of nitrogens with one attached hydrogen (secondary N) is 1. The van der Waals surface area contributed by atoms with Gasteiger partial charge in [0.15, 0.2) is 0 Å². The molecule has 0 amide bonds. The van der Waals surface area contributed by atoms with Gasteiger partial charge in [-0.3, -0.25) is 0 Å². The van der Waals surface area contributed by atoms with Gasteiger partial charge in [-0.15, -0.1) is 0 Å².